The lowest BCUT2D eigenvalue weighted by Gasteiger charge is -2.11. The minimum absolute atomic E-state index is 0.987. The number of hydrogen-bond donors (Lipinski definition) is 0. The van der Waals surface area contributed by atoms with Crippen LogP contribution in [-0.2, 0) is 6.42 Å². The van der Waals surface area contributed by atoms with Gasteiger partial charge in [0.15, 0.2) is 0 Å². The van der Waals surface area contributed by atoms with E-state index >= 15 is 0 Å². The van der Waals surface area contributed by atoms with Gasteiger partial charge in [-0.3, -0.25) is 0 Å². The van der Waals surface area contributed by atoms with E-state index in [2.05, 4.69) is 79.8 Å². The first kappa shape index (κ1) is 14.8. The molecule has 1 aromatic carbocycles. The molecule has 22 heavy (non-hydrogen) atoms. The van der Waals surface area contributed by atoms with Crippen molar-refractivity contribution in [2.24, 2.45) is 0 Å². The van der Waals surface area contributed by atoms with Crippen molar-refractivity contribution < 1.29 is 0 Å². The molecule has 0 amide bonds. The second-order valence-electron chi connectivity index (χ2n) is 6.21. The molecule has 0 aliphatic heterocycles. The maximum Gasteiger partial charge on any atom is 0.137 e. The lowest BCUT2D eigenvalue weighted by atomic mass is 10.0. The van der Waals surface area contributed by atoms with Crippen LogP contribution in [0.25, 0.3) is 16.9 Å². The Morgan fingerprint density at radius 3 is 2.55 bits per heavy atom. The van der Waals surface area contributed by atoms with Crippen LogP contribution in [0.4, 0.5) is 0 Å². The van der Waals surface area contributed by atoms with Crippen LogP contribution in [0, 0.1) is 13.8 Å². The molecular formula is C19H23N3. The number of pyridine rings is 1. The summed E-state index contributed by atoms with van der Waals surface area (Å²) in [6.45, 7) is 5.30. The van der Waals surface area contributed by atoms with Crippen molar-refractivity contribution in [3.05, 3.63) is 59.4 Å². The highest BCUT2D eigenvalue weighted by atomic mass is 15.1. The SMILES string of the molecule is Cc1ccc2nc(-c3ccccc3C)c(CCN(C)C)n2c1. The third-order valence-corrected chi connectivity index (χ3v) is 4.06. The van der Waals surface area contributed by atoms with Crippen LogP contribution in [0.15, 0.2) is 42.6 Å². The van der Waals surface area contributed by atoms with Crippen LogP contribution in [0.3, 0.4) is 0 Å². The highest BCUT2D eigenvalue weighted by Gasteiger charge is 2.15. The Bertz CT molecular complexity index is 800. The van der Waals surface area contributed by atoms with Gasteiger partial charge in [-0.25, -0.2) is 4.98 Å². The van der Waals surface area contributed by atoms with E-state index in [1.807, 2.05) is 0 Å². The number of rotatable bonds is 4. The quantitative estimate of drug-likeness (QED) is 0.731. The largest absolute Gasteiger partial charge is 0.309 e. The Kier molecular flexibility index (Phi) is 3.99. The van der Waals surface area contributed by atoms with Gasteiger partial charge in [-0.2, -0.15) is 0 Å². The molecule has 0 N–H and O–H groups in total. The number of aryl methyl sites for hydroxylation is 2. The molecule has 3 heteroatoms. The van der Waals surface area contributed by atoms with Crippen molar-refractivity contribution in [2.75, 3.05) is 20.6 Å². The topological polar surface area (TPSA) is 20.5 Å². The molecule has 3 rings (SSSR count). The van der Waals surface area contributed by atoms with E-state index in [1.54, 1.807) is 0 Å². The van der Waals surface area contributed by atoms with Crippen LogP contribution < -0.4 is 0 Å². The van der Waals surface area contributed by atoms with Crippen LogP contribution in [0.5, 0.6) is 0 Å². The third kappa shape index (κ3) is 2.77. The number of nitrogens with zero attached hydrogens (tertiary/aromatic N) is 3. The first-order valence-corrected chi connectivity index (χ1v) is 7.74. The summed E-state index contributed by atoms with van der Waals surface area (Å²) in [7, 11) is 4.23. The smallest absolute Gasteiger partial charge is 0.137 e. The Morgan fingerprint density at radius 2 is 1.82 bits per heavy atom. The minimum Gasteiger partial charge on any atom is -0.309 e. The molecule has 0 saturated heterocycles. The lowest BCUT2D eigenvalue weighted by Crippen LogP contribution is -2.16. The molecule has 114 valence electrons. The first-order valence-electron chi connectivity index (χ1n) is 7.74. The van der Waals surface area contributed by atoms with Gasteiger partial charge in [0.05, 0.1) is 11.4 Å². The monoisotopic (exact) mass is 293 g/mol. The summed E-state index contributed by atoms with van der Waals surface area (Å²) in [6, 6.07) is 12.7. The zero-order valence-corrected chi connectivity index (χ0v) is 13.8. The van der Waals surface area contributed by atoms with Gasteiger partial charge in [-0.1, -0.05) is 30.3 Å². The van der Waals surface area contributed by atoms with Crippen molar-refractivity contribution in [2.45, 2.75) is 20.3 Å². The molecule has 2 heterocycles. The molecular weight excluding hydrogens is 270 g/mol. The normalized spacial score (nSPS) is 11.5. The molecule has 3 aromatic rings. The minimum atomic E-state index is 0.987. The van der Waals surface area contributed by atoms with Crippen LogP contribution in [0.2, 0.25) is 0 Å². The Balaban J connectivity index is 2.20. The van der Waals surface area contributed by atoms with Crippen molar-refractivity contribution in [1.29, 1.82) is 0 Å². The van der Waals surface area contributed by atoms with Crippen LogP contribution in [-0.4, -0.2) is 34.9 Å². The Morgan fingerprint density at radius 1 is 1.05 bits per heavy atom. The molecule has 0 bridgehead atoms. The molecule has 0 saturated carbocycles. The average molecular weight is 293 g/mol. The van der Waals surface area contributed by atoms with Gasteiger partial charge in [0.25, 0.3) is 0 Å². The highest BCUT2D eigenvalue weighted by Crippen LogP contribution is 2.28. The summed E-state index contributed by atoms with van der Waals surface area (Å²) in [4.78, 5) is 7.13. The number of likely N-dealkylation sites (N-methyl/N-ethyl adjacent to an activating group) is 1. The van der Waals surface area contributed by atoms with Gasteiger partial charge in [0.2, 0.25) is 0 Å². The standard InChI is InChI=1S/C19H23N3/c1-14-9-10-18-20-19(16-8-6-5-7-15(16)2)17(22(18)13-14)11-12-21(3)4/h5-10,13H,11-12H2,1-4H3. The number of benzene rings is 1. The highest BCUT2D eigenvalue weighted by molar-refractivity contribution is 5.69. The summed E-state index contributed by atoms with van der Waals surface area (Å²) in [5.41, 5.74) is 7.20. The van der Waals surface area contributed by atoms with Crippen molar-refractivity contribution in [1.82, 2.24) is 14.3 Å². The van der Waals surface area contributed by atoms with E-state index in [-0.39, 0.29) is 0 Å². The molecule has 0 aliphatic carbocycles. The molecule has 0 spiro atoms. The molecule has 0 unspecified atom stereocenters. The molecule has 0 radical (unpaired) electrons. The van der Waals surface area contributed by atoms with Gasteiger partial charge in [-0.15, -0.1) is 0 Å². The van der Waals surface area contributed by atoms with Gasteiger partial charge in [-0.05, 0) is 45.1 Å². The molecule has 0 atom stereocenters. The van der Waals surface area contributed by atoms with Crippen LogP contribution >= 0.6 is 0 Å². The summed E-state index contributed by atoms with van der Waals surface area (Å²) in [6.07, 6.45) is 3.18. The maximum absolute atomic E-state index is 4.91. The molecule has 3 nitrogen and oxygen atoms in total. The van der Waals surface area contributed by atoms with Crippen molar-refractivity contribution in [3.8, 4) is 11.3 Å². The third-order valence-electron chi connectivity index (χ3n) is 4.06. The van der Waals surface area contributed by atoms with Crippen molar-refractivity contribution in [3.63, 3.8) is 0 Å². The van der Waals surface area contributed by atoms with Gasteiger partial charge in [0, 0.05) is 24.7 Å². The fourth-order valence-electron chi connectivity index (χ4n) is 2.82. The summed E-state index contributed by atoms with van der Waals surface area (Å²) in [5, 5.41) is 0. The van der Waals surface area contributed by atoms with Crippen LogP contribution in [0.1, 0.15) is 16.8 Å². The molecule has 2 aromatic heterocycles. The van der Waals surface area contributed by atoms with E-state index in [9.17, 15) is 0 Å². The summed E-state index contributed by atoms with van der Waals surface area (Å²) in [5.74, 6) is 0. The number of aromatic nitrogens is 2. The average Bonchev–Trinajstić information content (AvgIpc) is 2.83. The number of fused-ring (bicyclic) bond motifs is 1. The van der Waals surface area contributed by atoms with E-state index in [4.69, 9.17) is 4.98 Å². The van der Waals surface area contributed by atoms with E-state index in [0.717, 1.165) is 24.3 Å². The predicted octanol–water partition coefficient (Wildman–Crippen LogP) is 3.72. The van der Waals surface area contributed by atoms with E-state index in [1.165, 1.54) is 22.4 Å². The van der Waals surface area contributed by atoms with Gasteiger partial charge in [0.1, 0.15) is 5.65 Å². The van der Waals surface area contributed by atoms with Gasteiger partial charge >= 0.3 is 0 Å². The fraction of sp³-hybridized carbons (Fsp3) is 0.316. The number of hydrogen-bond acceptors (Lipinski definition) is 2. The zero-order chi connectivity index (χ0) is 15.7. The molecule has 0 fully saturated rings. The van der Waals surface area contributed by atoms with Gasteiger partial charge < -0.3 is 9.30 Å². The number of imidazole rings is 1. The fourth-order valence-corrected chi connectivity index (χ4v) is 2.82. The lowest BCUT2D eigenvalue weighted by molar-refractivity contribution is 0.411. The Labute approximate surface area is 132 Å². The summed E-state index contributed by atoms with van der Waals surface area (Å²) < 4.78 is 2.25. The zero-order valence-electron chi connectivity index (χ0n) is 13.8. The van der Waals surface area contributed by atoms with E-state index < -0.39 is 0 Å². The Hall–Kier alpha value is -2.13. The first-order chi connectivity index (χ1) is 10.6. The summed E-state index contributed by atoms with van der Waals surface area (Å²) >= 11 is 0. The van der Waals surface area contributed by atoms with Crippen molar-refractivity contribution >= 4 is 5.65 Å². The second kappa shape index (κ2) is 5.93. The van der Waals surface area contributed by atoms with E-state index in [0.29, 0.717) is 0 Å². The second-order valence-corrected chi connectivity index (χ2v) is 6.21. The predicted molar refractivity (Wildman–Crippen MR) is 92.4 cm³/mol. The maximum atomic E-state index is 4.91. The molecule has 0 aliphatic rings.